The van der Waals surface area contributed by atoms with Crippen molar-refractivity contribution in [1.29, 1.82) is 0 Å². The Morgan fingerprint density at radius 2 is 1.86 bits per heavy atom. The first-order chi connectivity index (χ1) is 10.1. The van der Waals surface area contributed by atoms with Crippen LogP contribution in [-0.4, -0.2) is 17.0 Å². The molecule has 3 rings (SSSR count). The van der Waals surface area contributed by atoms with E-state index in [9.17, 15) is 0 Å². The van der Waals surface area contributed by atoms with Gasteiger partial charge in [-0.3, -0.25) is 0 Å². The molecule has 1 aromatic carbocycles. The van der Waals surface area contributed by atoms with Gasteiger partial charge in [0.25, 0.3) is 0 Å². The van der Waals surface area contributed by atoms with Crippen molar-refractivity contribution in [2.24, 2.45) is 0 Å². The van der Waals surface area contributed by atoms with E-state index in [0.717, 1.165) is 37.7 Å². The van der Waals surface area contributed by atoms with Crippen molar-refractivity contribution in [3.63, 3.8) is 0 Å². The van der Waals surface area contributed by atoms with Crippen LogP contribution in [0.5, 0.6) is 0 Å². The van der Waals surface area contributed by atoms with Gasteiger partial charge in [0.05, 0.1) is 5.69 Å². The van der Waals surface area contributed by atoms with Crippen LogP contribution in [0.1, 0.15) is 30.1 Å². The van der Waals surface area contributed by atoms with E-state index in [1.807, 2.05) is 32.2 Å². The van der Waals surface area contributed by atoms with E-state index in [0.29, 0.717) is 5.92 Å². The van der Waals surface area contributed by atoms with Gasteiger partial charge >= 0.3 is 0 Å². The standard InChI is InChI=1S/C15H16Br2N4/c1-8-13(18-2)20-15(9-3-4-9)21-14(8)19-12-6-5-10(16)7-11(12)17/h5-7,9H,3-4H2,1-2H3,(H2,18,19,20,21). The number of hydrogen-bond donors (Lipinski definition) is 2. The van der Waals surface area contributed by atoms with Crippen LogP contribution in [0.25, 0.3) is 0 Å². The molecule has 0 saturated heterocycles. The first kappa shape index (κ1) is 14.8. The number of rotatable bonds is 4. The molecule has 21 heavy (non-hydrogen) atoms. The van der Waals surface area contributed by atoms with Gasteiger partial charge in [-0.2, -0.15) is 0 Å². The maximum atomic E-state index is 4.71. The number of nitrogens with zero attached hydrogens (tertiary/aromatic N) is 2. The number of benzene rings is 1. The molecule has 1 aromatic heterocycles. The summed E-state index contributed by atoms with van der Waals surface area (Å²) in [6, 6.07) is 6.04. The van der Waals surface area contributed by atoms with Gasteiger partial charge in [-0.05, 0) is 53.9 Å². The third kappa shape index (κ3) is 3.21. The molecule has 0 spiro atoms. The maximum Gasteiger partial charge on any atom is 0.139 e. The molecule has 2 aromatic rings. The second-order valence-electron chi connectivity index (χ2n) is 5.18. The summed E-state index contributed by atoms with van der Waals surface area (Å²) in [6.07, 6.45) is 2.38. The molecule has 0 amide bonds. The first-order valence-corrected chi connectivity index (χ1v) is 8.45. The third-order valence-corrected chi connectivity index (χ3v) is 4.68. The van der Waals surface area contributed by atoms with E-state index in [4.69, 9.17) is 4.98 Å². The molecular weight excluding hydrogens is 396 g/mol. The summed E-state index contributed by atoms with van der Waals surface area (Å²) in [5.41, 5.74) is 2.01. The summed E-state index contributed by atoms with van der Waals surface area (Å²) in [5.74, 6) is 3.20. The normalized spacial score (nSPS) is 14.1. The van der Waals surface area contributed by atoms with Gasteiger partial charge in [0.1, 0.15) is 17.5 Å². The summed E-state index contributed by atoms with van der Waals surface area (Å²) in [4.78, 5) is 9.32. The summed E-state index contributed by atoms with van der Waals surface area (Å²) in [5, 5.41) is 6.56. The highest BCUT2D eigenvalue weighted by Crippen LogP contribution is 2.40. The van der Waals surface area contributed by atoms with Crippen LogP contribution in [0, 0.1) is 6.92 Å². The lowest BCUT2D eigenvalue weighted by atomic mass is 10.2. The lowest BCUT2D eigenvalue weighted by Crippen LogP contribution is -2.07. The quantitative estimate of drug-likeness (QED) is 0.745. The summed E-state index contributed by atoms with van der Waals surface area (Å²) in [6.45, 7) is 2.03. The average molecular weight is 412 g/mol. The summed E-state index contributed by atoms with van der Waals surface area (Å²) >= 11 is 7.04. The van der Waals surface area contributed by atoms with E-state index in [2.05, 4.69) is 47.5 Å². The van der Waals surface area contributed by atoms with Gasteiger partial charge < -0.3 is 10.6 Å². The number of aromatic nitrogens is 2. The van der Waals surface area contributed by atoms with Crippen LogP contribution in [0.3, 0.4) is 0 Å². The minimum atomic E-state index is 0.520. The molecule has 6 heteroatoms. The van der Waals surface area contributed by atoms with E-state index < -0.39 is 0 Å². The van der Waals surface area contributed by atoms with E-state index in [1.54, 1.807) is 0 Å². The second-order valence-corrected chi connectivity index (χ2v) is 6.95. The van der Waals surface area contributed by atoms with Gasteiger partial charge in [0.2, 0.25) is 0 Å². The highest BCUT2D eigenvalue weighted by Gasteiger charge is 2.28. The Hall–Kier alpha value is -1.14. The number of anilines is 3. The Balaban J connectivity index is 1.98. The van der Waals surface area contributed by atoms with Crippen LogP contribution in [0.2, 0.25) is 0 Å². The topological polar surface area (TPSA) is 49.8 Å². The fraction of sp³-hybridized carbons (Fsp3) is 0.333. The third-order valence-electron chi connectivity index (χ3n) is 3.53. The minimum Gasteiger partial charge on any atom is -0.373 e. The van der Waals surface area contributed by atoms with Gasteiger partial charge in [-0.15, -0.1) is 0 Å². The zero-order valence-corrected chi connectivity index (χ0v) is 15.0. The number of nitrogens with one attached hydrogen (secondary N) is 2. The zero-order valence-electron chi connectivity index (χ0n) is 11.9. The predicted octanol–water partition coefficient (Wildman–Crippen LogP) is 4.97. The van der Waals surface area contributed by atoms with Crippen LogP contribution in [0.15, 0.2) is 27.1 Å². The van der Waals surface area contributed by atoms with Crippen LogP contribution in [-0.2, 0) is 0 Å². The molecule has 0 aliphatic heterocycles. The number of halogens is 2. The van der Waals surface area contributed by atoms with Crippen molar-refractivity contribution in [2.45, 2.75) is 25.7 Å². The molecule has 1 aliphatic carbocycles. The highest BCUT2D eigenvalue weighted by molar-refractivity contribution is 9.11. The van der Waals surface area contributed by atoms with E-state index >= 15 is 0 Å². The van der Waals surface area contributed by atoms with Crippen LogP contribution in [0.4, 0.5) is 17.3 Å². The van der Waals surface area contributed by atoms with Crippen molar-refractivity contribution in [3.8, 4) is 0 Å². The molecule has 0 atom stereocenters. The molecule has 0 bridgehead atoms. The molecule has 1 aliphatic rings. The number of hydrogen-bond acceptors (Lipinski definition) is 4. The fourth-order valence-electron chi connectivity index (χ4n) is 2.14. The molecule has 1 saturated carbocycles. The molecule has 0 radical (unpaired) electrons. The van der Waals surface area contributed by atoms with Gasteiger partial charge in [0, 0.05) is 27.5 Å². The fourth-order valence-corrected chi connectivity index (χ4v) is 3.29. The second kappa shape index (κ2) is 5.93. The van der Waals surface area contributed by atoms with E-state index in [-0.39, 0.29) is 0 Å². The monoisotopic (exact) mass is 410 g/mol. The maximum absolute atomic E-state index is 4.71. The summed E-state index contributed by atoms with van der Waals surface area (Å²) in [7, 11) is 1.89. The molecule has 1 fully saturated rings. The summed E-state index contributed by atoms with van der Waals surface area (Å²) < 4.78 is 2.03. The molecule has 0 unspecified atom stereocenters. The Morgan fingerprint density at radius 3 is 2.48 bits per heavy atom. The lowest BCUT2D eigenvalue weighted by Gasteiger charge is -2.14. The molecule has 4 nitrogen and oxygen atoms in total. The molecule has 1 heterocycles. The van der Waals surface area contributed by atoms with E-state index in [1.165, 1.54) is 12.8 Å². The first-order valence-electron chi connectivity index (χ1n) is 6.87. The Bertz CT molecular complexity index is 684. The highest BCUT2D eigenvalue weighted by atomic mass is 79.9. The predicted molar refractivity (Wildman–Crippen MR) is 93.4 cm³/mol. The molecule has 110 valence electrons. The Labute approximate surface area is 141 Å². The van der Waals surface area contributed by atoms with Gasteiger partial charge in [-0.1, -0.05) is 15.9 Å². The smallest absolute Gasteiger partial charge is 0.139 e. The molecular formula is C15H16Br2N4. The SMILES string of the molecule is CNc1nc(C2CC2)nc(Nc2ccc(Br)cc2Br)c1C. The largest absolute Gasteiger partial charge is 0.373 e. The Morgan fingerprint density at radius 1 is 1.14 bits per heavy atom. The Kier molecular flexibility index (Phi) is 4.17. The van der Waals surface area contributed by atoms with Crippen molar-refractivity contribution in [2.75, 3.05) is 17.7 Å². The lowest BCUT2D eigenvalue weighted by molar-refractivity contribution is 0.923. The van der Waals surface area contributed by atoms with Crippen LogP contribution >= 0.6 is 31.9 Å². The van der Waals surface area contributed by atoms with Crippen LogP contribution < -0.4 is 10.6 Å². The average Bonchev–Trinajstić information content (AvgIpc) is 3.28. The van der Waals surface area contributed by atoms with Gasteiger partial charge in [-0.25, -0.2) is 9.97 Å². The van der Waals surface area contributed by atoms with Crippen molar-refractivity contribution >= 4 is 49.2 Å². The zero-order chi connectivity index (χ0) is 15.0. The van der Waals surface area contributed by atoms with Crippen molar-refractivity contribution < 1.29 is 0 Å². The van der Waals surface area contributed by atoms with Gasteiger partial charge in [0.15, 0.2) is 0 Å². The molecule has 2 N–H and O–H groups in total. The van der Waals surface area contributed by atoms with Crippen molar-refractivity contribution in [3.05, 3.63) is 38.5 Å². The van der Waals surface area contributed by atoms with Crippen molar-refractivity contribution in [1.82, 2.24) is 9.97 Å². The minimum absolute atomic E-state index is 0.520.